The molecule has 0 aliphatic carbocycles. The lowest BCUT2D eigenvalue weighted by Gasteiger charge is -2.07. The fourth-order valence-electron chi connectivity index (χ4n) is 1.75. The Labute approximate surface area is 118 Å². The summed E-state index contributed by atoms with van der Waals surface area (Å²) >= 11 is 0. The molecular weight excluding hydrogens is 266 g/mol. The van der Waals surface area contributed by atoms with E-state index >= 15 is 0 Å². The van der Waals surface area contributed by atoms with Gasteiger partial charge in [-0.1, -0.05) is 6.07 Å². The van der Waals surface area contributed by atoms with E-state index in [4.69, 9.17) is 0 Å². The van der Waals surface area contributed by atoms with Crippen LogP contribution < -0.4 is 5.32 Å². The van der Waals surface area contributed by atoms with Crippen LogP contribution in [0.2, 0.25) is 0 Å². The lowest BCUT2D eigenvalue weighted by Crippen LogP contribution is -2.13. The molecule has 2 aromatic rings. The molecule has 104 valence electrons. The Kier molecular flexibility index (Phi) is 5.20. The molecule has 0 aliphatic heterocycles. The van der Waals surface area contributed by atoms with Crippen LogP contribution >= 0.6 is 12.4 Å². The minimum Gasteiger partial charge on any atom is -0.508 e. The van der Waals surface area contributed by atoms with Gasteiger partial charge < -0.3 is 15.5 Å². The molecule has 1 heterocycles. The summed E-state index contributed by atoms with van der Waals surface area (Å²) in [5.41, 5.74) is 3.02. The van der Waals surface area contributed by atoms with Crippen molar-refractivity contribution < 1.29 is 10.2 Å². The molecular formula is C13H18ClN3O2. The lowest BCUT2D eigenvalue weighted by molar-refractivity contribution is 0.443. The van der Waals surface area contributed by atoms with E-state index in [1.54, 1.807) is 12.1 Å². The van der Waals surface area contributed by atoms with Crippen LogP contribution in [0.1, 0.15) is 16.8 Å². The van der Waals surface area contributed by atoms with E-state index in [0.29, 0.717) is 13.1 Å². The van der Waals surface area contributed by atoms with Gasteiger partial charge in [0.15, 0.2) is 0 Å². The minimum absolute atomic E-state index is 0. The standard InChI is InChI=1S/C13H17N3O2.ClH/c1-9-11(8-15-16(9)2)7-14-6-10-3-4-12(17)5-13(10)18;/h3-5,8,14,17-18H,6-7H2,1-2H3;1H. The molecule has 2 rings (SSSR count). The molecule has 0 saturated carbocycles. The number of benzene rings is 1. The molecule has 0 radical (unpaired) electrons. The van der Waals surface area contributed by atoms with Gasteiger partial charge in [0.05, 0.1) is 6.20 Å². The zero-order chi connectivity index (χ0) is 13.1. The van der Waals surface area contributed by atoms with E-state index in [-0.39, 0.29) is 23.9 Å². The van der Waals surface area contributed by atoms with Crippen molar-refractivity contribution in [3.8, 4) is 11.5 Å². The predicted molar refractivity (Wildman–Crippen MR) is 75.5 cm³/mol. The molecule has 5 nitrogen and oxygen atoms in total. The van der Waals surface area contributed by atoms with Crippen molar-refractivity contribution in [1.82, 2.24) is 15.1 Å². The number of nitrogens with zero attached hydrogens (tertiary/aromatic N) is 2. The monoisotopic (exact) mass is 283 g/mol. The molecule has 0 spiro atoms. The highest BCUT2D eigenvalue weighted by molar-refractivity contribution is 5.85. The van der Waals surface area contributed by atoms with Gasteiger partial charge >= 0.3 is 0 Å². The molecule has 0 fully saturated rings. The van der Waals surface area contributed by atoms with E-state index < -0.39 is 0 Å². The van der Waals surface area contributed by atoms with Gasteiger partial charge in [-0.05, 0) is 13.0 Å². The molecule has 0 aliphatic rings. The summed E-state index contributed by atoms with van der Waals surface area (Å²) in [6, 6.07) is 4.60. The van der Waals surface area contributed by atoms with E-state index in [1.165, 1.54) is 6.07 Å². The number of aryl methyl sites for hydroxylation is 1. The lowest BCUT2D eigenvalue weighted by atomic mass is 10.2. The smallest absolute Gasteiger partial charge is 0.123 e. The first-order valence-electron chi connectivity index (χ1n) is 5.77. The SMILES string of the molecule is Cc1c(CNCc2ccc(O)cc2O)cnn1C.Cl. The van der Waals surface area contributed by atoms with Crippen LogP contribution in [0, 0.1) is 6.92 Å². The molecule has 19 heavy (non-hydrogen) atoms. The highest BCUT2D eigenvalue weighted by atomic mass is 35.5. The molecule has 3 N–H and O–H groups in total. The molecule has 0 saturated heterocycles. The Morgan fingerprint density at radius 2 is 1.89 bits per heavy atom. The molecule has 6 heteroatoms. The van der Waals surface area contributed by atoms with Gasteiger partial charge in [-0.25, -0.2) is 0 Å². The maximum Gasteiger partial charge on any atom is 0.123 e. The molecule has 0 amide bonds. The maximum atomic E-state index is 9.63. The fraction of sp³-hybridized carbons (Fsp3) is 0.308. The van der Waals surface area contributed by atoms with E-state index in [9.17, 15) is 10.2 Å². The summed E-state index contributed by atoms with van der Waals surface area (Å²) in [5, 5.41) is 26.2. The number of nitrogens with one attached hydrogen (secondary N) is 1. The van der Waals surface area contributed by atoms with Crippen LogP contribution in [0.25, 0.3) is 0 Å². The summed E-state index contributed by atoms with van der Waals surface area (Å²) in [6.07, 6.45) is 1.83. The quantitative estimate of drug-likeness (QED) is 0.801. The van der Waals surface area contributed by atoms with Crippen molar-refractivity contribution in [2.45, 2.75) is 20.0 Å². The van der Waals surface area contributed by atoms with Gasteiger partial charge in [0.1, 0.15) is 11.5 Å². The van der Waals surface area contributed by atoms with Crippen molar-refractivity contribution in [1.29, 1.82) is 0 Å². The van der Waals surface area contributed by atoms with E-state index in [2.05, 4.69) is 10.4 Å². The fourth-order valence-corrected chi connectivity index (χ4v) is 1.75. The predicted octanol–water partition coefficient (Wildman–Crippen LogP) is 1.85. The van der Waals surface area contributed by atoms with Crippen molar-refractivity contribution in [2.24, 2.45) is 7.05 Å². The number of halogens is 1. The van der Waals surface area contributed by atoms with Gasteiger partial charge in [0.25, 0.3) is 0 Å². The topological polar surface area (TPSA) is 70.3 Å². The van der Waals surface area contributed by atoms with Crippen LogP contribution in [0.15, 0.2) is 24.4 Å². The second-order valence-corrected chi connectivity index (χ2v) is 4.30. The highest BCUT2D eigenvalue weighted by Crippen LogP contribution is 2.22. The first kappa shape index (κ1) is 15.3. The number of aromatic nitrogens is 2. The number of aromatic hydroxyl groups is 2. The summed E-state index contributed by atoms with van der Waals surface area (Å²) < 4.78 is 1.83. The molecule has 0 atom stereocenters. The van der Waals surface area contributed by atoms with Crippen LogP contribution in [0.4, 0.5) is 0 Å². The third kappa shape index (κ3) is 3.62. The van der Waals surface area contributed by atoms with E-state index in [1.807, 2.05) is 24.9 Å². The van der Waals surface area contributed by atoms with Crippen LogP contribution in [0.3, 0.4) is 0 Å². The van der Waals surface area contributed by atoms with Gasteiger partial charge in [0, 0.05) is 43.0 Å². The third-order valence-electron chi connectivity index (χ3n) is 3.04. The summed E-state index contributed by atoms with van der Waals surface area (Å²) in [5.74, 6) is 0.171. The Balaban J connectivity index is 0.00000180. The minimum atomic E-state index is 0. The first-order valence-corrected chi connectivity index (χ1v) is 5.77. The normalized spacial score (nSPS) is 10.2. The zero-order valence-corrected chi connectivity index (χ0v) is 11.7. The molecule has 0 bridgehead atoms. The van der Waals surface area contributed by atoms with E-state index in [0.717, 1.165) is 16.8 Å². The Morgan fingerprint density at radius 1 is 1.21 bits per heavy atom. The Morgan fingerprint density at radius 3 is 2.47 bits per heavy atom. The average Bonchev–Trinajstić information content (AvgIpc) is 2.64. The number of phenolic OH excluding ortho intramolecular Hbond substituents is 2. The Hall–Kier alpha value is -1.72. The van der Waals surface area contributed by atoms with Gasteiger partial charge in [0.2, 0.25) is 0 Å². The first-order chi connectivity index (χ1) is 8.58. The van der Waals surface area contributed by atoms with Gasteiger partial charge in [-0.15, -0.1) is 12.4 Å². The van der Waals surface area contributed by atoms with Crippen molar-refractivity contribution in [3.05, 3.63) is 41.2 Å². The van der Waals surface area contributed by atoms with Gasteiger partial charge in [-0.2, -0.15) is 5.10 Å². The molecule has 0 unspecified atom stereocenters. The highest BCUT2D eigenvalue weighted by Gasteiger charge is 2.05. The largest absolute Gasteiger partial charge is 0.508 e. The van der Waals surface area contributed by atoms with Crippen LogP contribution in [-0.4, -0.2) is 20.0 Å². The van der Waals surface area contributed by atoms with Crippen LogP contribution in [0.5, 0.6) is 11.5 Å². The molecule has 1 aromatic carbocycles. The molecule has 1 aromatic heterocycles. The maximum absolute atomic E-state index is 9.63. The second-order valence-electron chi connectivity index (χ2n) is 4.30. The number of rotatable bonds is 4. The summed E-state index contributed by atoms with van der Waals surface area (Å²) in [6.45, 7) is 3.25. The second kappa shape index (κ2) is 6.45. The van der Waals surface area contributed by atoms with Crippen molar-refractivity contribution >= 4 is 12.4 Å². The van der Waals surface area contributed by atoms with Gasteiger partial charge in [-0.3, -0.25) is 4.68 Å². The van der Waals surface area contributed by atoms with Crippen LogP contribution in [-0.2, 0) is 20.1 Å². The number of phenols is 2. The summed E-state index contributed by atoms with van der Waals surface area (Å²) in [7, 11) is 1.91. The summed E-state index contributed by atoms with van der Waals surface area (Å²) in [4.78, 5) is 0. The zero-order valence-electron chi connectivity index (χ0n) is 10.9. The average molecular weight is 284 g/mol. The number of hydrogen-bond donors (Lipinski definition) is 3. The van der Waals surface area contributed by atoms with Crippen molar-refractivity contribution in [2.75, 3.05) is 0 Å². The number of hydrogen-bond acceptors (Lipinski definition) is 4. The van der Waals surface area contributed by atoms with Crippen molar-refractivity contribution in [3.63, 3.8) is 0 Å². The Bertz CT molecular complexity index is 555. The third-order valence-corrected chi connectivity index (χ3v) is 3.04.